The molecule has 0 unspecified atom stereocenters. The lowest BCUT2D eigenvalue weighted by molar-refractivity contribution is -0.139. The Morgan fingerprint density at radius 3 is 2.21 bits per heavy atom. The summed E-state index contributed by atoms with van der Waals surface area (Å²) in [5.41, 5.74) is 0.513. The summed E-state index contributed by atoms with van der Waals surface area (Å²) in [5, 5.41) is 8.83. The first-order chi connectivity index (χ1) is 13.8. The minimum absolute atomic E-state index is 0.199. The number of nitrogens with zero attached hydrogens (tertiary/aromatic N) is 3. The van der Waals surface area contributed by atoms with E-state index in [9.17, 15) is 13.2 Å². The Morgan fingerprint density at radius 2 is 1.66 bits per heavy atom. The van der Waals surface area contributed by atoms with E-state index in [4.69, 9.17) is 10.00 Å². The van der Waals surface area contributed by atoms with Crippen molar-refractivity contribution >= 4 is 31.9 Å². The highest BCUT2D eigenvalue weighted by atomic mass is 79.9. The van der Waals surface area contributed by atoms with Gasteiger partial charge >= 0.3 is 0 Å². The molecule has 0 N–H and O–H groups in total. The summed E-state index contributed by atoms with van der Waals surface area (Å²) in [7, 11) is -3.59. The second-order valence-electron chi connectivity index (χ2n) is 6.58. The second kappa shape index (κ2) is 8.95. The first-order valence-corrected chi connectivity index (χ1v) is 11.3. The average Bonchev–Trinajstić information content (AvgIpc) is 2.74. The summed E-state index contributed by atoms with van der Waals surface area (Å²) in [6.07, 6.45) is -0.711. The SMILES string of the molecule is C[C@@H](Oc1ccc(C#N)cc1)C(=O)N1CCN(S(=O)(=O)c2ccc(Br)cc2)CC1. The summed E-state index contributed by atoms with van der Waals surface area (Å²) < 4.78 is 33.4. The zero-order chi connectivity index (χ0) is 21.0. The van der Waals surface area contributed by atoms with E-state index < -0.39 is 16.1 Å². The number of sulfonamides is 1. The molecule has 1 heterocycles. The summed E-state index contributed by atoms with van der Waals surface area (Å²) >= 11 is 3.30. The van der Waals surface area contributed by atoms with Crippen LogP contribution in [-0.2, 0) is 14.8 Å². The monoisotopic (exact) mass is 477 g/mol. The van der Waals surface area contributed by atoms with Gasteiger partial charge in [0.15, 0.2) is 6.10 Å². The van der Waals surface area contributed by atoms with E-state index in [0.29, 0.717) is 24.4 Å². The number of piperazine rings is 1. The van der Waals surface area contributed by atoms with Crippen LogP contribution in [-0.4, -0.2) is 55.8 Å². The molecule has 9 heteroatoms. The summed E-state index contributed by atoms with van der Waals surface area (Å²) in [5.74, 6) is 0.302. The van der Waals surface area contributed by atoms with Crippen molar-refractivity contribution in [3.8, 4) is 11.8 Å². The van der Waals surface area contributed by atoms with Crippen LogP contribution < -0.4 is 4.74 Å². The zero-order valence-corrected chi connectivity index (χ0v) is 18.2. The molecular weight excluding hydrogens is 458 g/mol. The molecule has 7 nitrogen and oxygen atoms in total. The van der Waals surface area contributed by atoms with Crippen LogP contribution in [0.5, 0.6) is 5.75 Å². The Morgan fingerprint density at radius 1 is 1.07 bits per heavy atom. The zero-order valence-electron chi connectivity index (χ0n) is 15.8. The molecule has 1 aliphatic heterocycles. The first-order valence-electron chi connectivity index (χ1n) is 9.02. The Labute approximate surface area is 178 Å². The van der Waals surface area contributed by atoms with Crippen molar-refractivity contribution in [2.24, 2.45) is 0 Å². The summed E-state index contributed by atoms with van der Waals surface area (Å²) in [6, 6.07) is 15.1. The molecule has 0 radical (unpaired) electrons. The van der Waals surface area contributed by atoms with Gasteiger partial charge in [-0.2, -0.15) is 9.57 Å². The third-order valence-electron chi connectivity index (χ3n) is 4.65. The molecule has 1 fully saturated rings. The van der Waals surface area contributed by atoms with Gasteiger partial charge in [-0.1, -0.05) is 15.9 Å². The Hall–Kier alpha value is -2.41. The third kappa shape index (κ3) is 4.96. The summed E-state index contributed by atoms with van der Waals surface area (Å²) in [4.78, 5) is 14.5. The Bertz CT molecular complexity index is 1010. The lowest BCUT2D eigenvalue weighted by atomic mass is 10.2. The predicted molar refractivity (Wildman–Crippen MR) is 111 cm³/mol. The molecule has 1 atom stereocenters. The van der Waals surface area contributed by atoms with Gasteiger partial charge in [-0.3, -0.25) is 4.79 Å². The van der Waals surface area contributed by atoms with Gasteiger partial charge in [0.25, 0.3) is 5.91 Å². The number of carbonyl (C=O) groups excluding carboxylic acids is 1. The quantitative estimate of drug-likeness (QED) is 0.659. The largest absolute Gasteiger partial charge is 0.481 e. The molecule has 29 heavy (non-hydrogen) atoms. The number of hydrogen-bond acceptors (Lipinski definition) is 5. The van der Waals surface area contributed by atoms with Crippen molar-refractivity contribution in [2.75, 3.05) is 26.2 Å². The number of hydrogen-bond donors (Lipinski definition) is 0. The lowest BCUT2D eigenvalue weighted by Gasteiger charge is -2.35. The molecule has 152 valence electrons. The maximum atomic E-state index is 12.8. The average molecular weight is 478 g/mol. The molecule has 0 spiro atoms. The van der Waals surface area contributed by atoms with Crippen molar-refractivity contribution in [2.45, 2.75) is 17.9 Å². The predicted octanol–water partition coefficient (Wildman–Crippen LogP) is 2.62. The second-order valence-corrected chi connectivity index (χ2v) is 9.43. The van der Waals surface area contributed by atoms with E-state index in [2.05, 4.69) is 15.9 Å². The maximum absolute atomic E-state index is 12.8. The van der Waals surface area contributed by atoms with Crippen LogP contribution in [0, 0.1) is 11.3 Å². The molecule has 1 aliphatic rings. The van der Waals surface area contributed by atoms with Gasteiger partial charge in [0.1, 0.15) is 5.75 Å². The first kappa shape index (κ1) is 21.3. The van der Waals surface area contributed by atoms with E-state index in [1.165, 1.54) is 4.31 Å². The van der Waals surface area contributed by atoms with Gasteiger partial charge in [-0.15, -0.1) is 0 Å². The number of rotatable bonds is 5. The fraction of sp³-hybridized carbons (Fsp3) is 0.300. The van der Waals surface area contributed by atoms with Crippen molar-refractivity contribution < 1.29 is 17.9 Å². The standard InChI is InChI=1S/C20H20BrN3O4S/c1-15(28-18-6-2-16(14-22)3-7-18)20(25)23-10-12-24(13-11-23)29(26,27)19-8-4-17(21)5-9-19/h2-9,15H,10-13H2,1H3/t15-/m1/s1. The van der Waals surface area contributed by atoms with Crippen LogP contribution in [0.2, 0.25) is 0 Å². The molecule has 0 saturated carbocycles. The number of nitriles is 1. The van der Waals surface area contributed by atoms with Crippen LogP contribution in [0.3, 0.4) is 0 Å². The fourth-order valence-corrected chi connectivity index (χ4v) is 4.71. The number of ether oxygens (including phenoxy) is 1. The van der Waals surface area contributed by atoms with Crippen LogP contribution >= 0.6 is 15.9 Å². The van der Waals surface area contributed by atoms with E-state index in [-0.39, 0.29) is 23.9 Å². The van der Waals surface area contributed by atoms with E-state index >= 15 is 0 Å². The molecule has 1 amide bonds. The van der Waals surface area contributed by atoms with Gasteiger partial charge in [0.05, 0.1) is 16.5 Å². The fourth-order valence-electron chi connectivity index (χ4n) is 3.02. The van der Waals surface area contributed by atoms with Crippen molar-refractivity contribution in [1.29, 1.82) is 5.26 Å². The molecule has 3 rings (SSSR count). The van der Waals surface area contributed by atoms with Crippen LogP contribution in [0.25, 0.3) is 0 Å². The Balaban J connectivity index is 1.58. The number of amides is 1. The molecular formula is C20H20BrN3O4S. The summed E-state index contributed by atoms with van der Waals surface area (Å²) in [6.45, 7) is 2.72. The van der Waals surface area contributed by atoms with Crippen molar-refractivity contribution in [3.05, 3.63) is 58.6 Å². The highest BCUT2D eigenvalue weighted by molar-refractivity contribution is 9.10. The minimum atomic E-state index is -3.59. The third-order valence-corrected chi connectivity index (χ3v) is 7.09. The highest BCUT2D eigenvalue weighted by Gasteiger charge is 2.32. The lowest BCUT2D eigenvalue weighted by Crippen LogP contribution is -2.53. The Kier molecular flexibility index (Phi) is 6.57. The molecule has 0 aromatic heterocycles. The van der Waals surface area contributed by atoms with Crippen molar-refractivity contribution in [1.82, 2.24) is 9.21 Å². The highest BCUT2D eigenvalue weighted by Crippen LogP contribution is 2.21. The molecule has 1 saturated heterocycles. The molecule has 2 aromatic carbocycles. The van der Waals surface area contributed by atoms with Crippen molar-refractivity contribution in [3.63, 3.8) is 0 Å². The van der Waals surface area contributed by atoms with Gasteiger partial charge in [0, 0.05) is 30.7 Å². The topological polar surface area (TPSA) is 90.7 Å². The molecule has 0 aliphatic carbocycles. The maximum Gasteiger partial charge on any atom is 0.263 e. The smallest absolute Gasteiger partial charge is 0.263 e. The number of carbonyl (C=O) groups is 1. The molecule has 2 aromatic rings. The van der Waals surface area contributed by atoms with Crippen LogP contribution in [0.1, 0.15) is 12.5 Å². The van der Waals surface area contributed by atoms with Gasteiger partial charge in [0.2, 0.25) is 10.0 Å². The minimum Gasteiger partial charge on any atom is -0.481 e. The number of benzene rings is 2. The van der Waals surface area contributed by atoms with Gasteiger partial charge < -0.3 is 9.64 Å². The van der Waals surface area contributed by atoms with Crippen LogP contribution in [0.15, 0.2) is 57.9 Å². The van der Waals surface area contributed by atoms with Crippen LogP contribution in [0.4, 0.5) is 0 Å². The van der Waals surface area contributed by atoms with Gasteiger partial charge in [-0.25, -0.2) is 8.42 Å². The molecule has 0 bridgehead atoms. The van der Waals surface area contributed by atoms with E-state index in [1.807, 2.05) is 6.07 Å². The number of halogens is 1. The van der Waals surface area contributed by atoms with Gasteiger partial charge in [-0.05, 0) is 55.5 Å². The normalized spacial score (nSPS) is 16.1. The van der Waals surface area contributed by atoms with E-state index in [0.717, 1.165) is 4.47 Å². The van der Waals surface area contributed by atoms with E-state index in [1.54, 1.807) is 60.4 Å².